The maximum absolute atomic E-state index is 13.0. The summed E-state index contributed by atoms with van der Waals surface area (Å²) < 4.78 is 5.81. The lowest BCUT2D eigenvalue weighted by molar-refractivity contribution is -0.384. The average molecular weight is 355 g/mol. The number of benzene rings is 2. The number of nitrogens with zero attached hydrogens (tertiary/aromatic N) is 1. The van der Waals surface area contributed by atoms with Crippen LogP contribution in [0.15, 0.2) is 46.9 Å². The number of nitro benzene ring substituents is 1. The van der Waals surface area contributed by atoms with E-state index in [9.17, 15) is 20.0 Å². The molecule has 26 heavy (non-hydrogen) atoms. The molecule has 0 unspecified atom stereocenters. The lowest BCUT2D eigenvalue weighted by Crippen LogP contribution is -2.04. The highest BCUT2D eigenvalue weighted by Gasteiger charge is 2.23. The van der Waals surface area contributed by atoms with Crippen LogP contribution in [0.2, 0.25) is 0 Å². The summed E-state index contributed by atoms with van der Waals surface area (Å²) >= 11 is 0. The zero-order valence-corrected chi connectivity index (χ0v) is 13.7. The van der Waals surface area contributed by atoms with E-state index in [1.807, 2.05) is 6.92 Å². The highest BCUT2D eigenvalue weighted by molar-refractivity contribution is 6.17. The van der Waals surface area contributed by atoms with Crippen LogP contribution < -0.4 is 0 Å². The number of non-ortho nitro benzene ring substituents is 1. The second kappa shape index (κ2) is 7.82. The van der Waals surface area contributed by atoms with Gasteiger partial charge in [0.1, 0.15) is 17.1 Å². The molecule has 1 heterocycles. The predicted octanol–water partition coefficient (Wildman–Crippen LogP) is 5.26. The summed E-state index contributed by atoms with van der Waals surface area (Å²) in [5, 5.41) is 20.9. The Balaban J connectivity index is 0.00000243. The van der Waals surface area contributed by atoms with Crippen molar-refractivity contribution in [2.45, 2.75) is 33.6 Å². The van der Waals surface area contributed by atoms with Crippen LogP contribution in [0.3, 0.4) is 0 Å². The first-order valence-corrected chi connectivity index (χ1v) is 8.04. The Morgan fingerprint density at radius 2 is 1.88 bits per heavy atom. The molecule has 2 aromatic carbocycles. The standard InChI is InChI=1S/C19H17NO5.CH4/c1-2-3-4-17-18(19(22)12-5-8-14(21)9-6-12)15-11-13(20(23)24)7-10-16(15)25-17;/h5-11,21H,2-4H2,1H3;1H4. The monoisotopic (exact) mass is 355 g/mol. The summed E-state index contributed by atoms with van der Waals surface area (Å²) in [5.41, 5.74) is 1.12. The van der Waals surface area contributed by atoms with Gasteiger partial charge in [-0.1, -0.05) is 20.8 Å². The Labute approximate surface area is 151 Å². The van der Waals surface area contributed by atoms with Crippen LogP contribution in [0.1, 0.15) is 48.9 Å². The maximum atomic E-state index is 13.0. The first-order chi connectivity index (χ1) is 12.0. The summed E-state index contributed by atoms with van der Waals surface area (Å²) in [6.07, 6.45) is 2.36. The number of rotatable bonds is 6. The van der Waals surface area contributed by atoms with Crippen molar-refractivity contribution in [1.82, 2.24) is 0 Å². The van der Waals surface area contributed by atoms with Gasteiger partial charge in [-0.05, 0) is 36.8 Å². The number of nitro groups is 1. The molecule has 0 spiro atoms. The molecule has 3 rings (SSSR count). The minimum atomic E-state index is -0.493. The zero-order valence-electron chi connectivity index (χ0n) is 13.7. The molecule has 1 aromatic heterocycles. The van der Waals surface area contributed by atoms with Crippen molar-refractivity contribution < 1.29 is 19.2 Å². The number of carbonyl (C=O) groups is 1. The van der Waals surface area contributed by atoms with Crippen LogP contribution in [-0.4, -0.2) is 15.8 Å². The fourth-order valence-electron chi connectivity index (χ4n) is 2.77. The largest absolute Gasteiger partial charge is 0.508 e. The third-order valence-electron chi connectivity index (χ3n) is 4.07. The normalized spacial score (nSPS) is 10.5. The fraction of sp³-hybridized carbons (Fsp3) is 0.250. The smallest absolute Gasteiger partial charge is 0.270 e. The number of furan rings is 1. The van der Waals surface area contributed by atoms with E-state index in [1.165, 1.54) is 42.5 Å². The van der Waals surface area contributed by atoms with E-state index in [0.717, 1.165) is 12.8 Å². The number of phenols is 1. The van der Waals surface area contributed by atoms with E-state index in [0.29, 0.717) is 34.3 Å². The Morgan fingerprint density at radius 1 is 1.19 bits per heavy atom. The summed E-state index contributed by atoms with van der Waals surface area (Å²) in [5.74, 6) is 0.330. The van der Waals surface area contributed by atoms with Crippen molar-refractivity contribution in [3.63, 3.8) is 0 Å². The molecule has 0 saturated carbocycles. The number of aromatic hydroxyl groups is 1. The van der Waals surface area contributed by atoms with Crippen LogP contribution in [0.5, 0.6) is 5.75 Å². The Bertz CT molecular complexity index is 941. The molecule has 0 bridgehead atoms. The van der Waals surface area contributed by atoms with Gasteiger partial charge in [0.15, 0.2) is 5.78 Å². The van der Waals surface area contributed by atoms with E-state index in [2.05, 4.69) is 0 Å². The summed E-state index contributed by atoms with van der Waals surface area (Å²) in [6.45, 7) is 2.04. The molecule has 0 aliphatic carbocycles. The van der Waals surface area contributed by atoms with Gasteiger partial charge in [-0.25, -0.2) is 0 Å². The van der Waals surface area contributed by atoms with Crippen LogP contribution in [0.25, 0.3) is 11.0 Å². The van der Waals surface area contributed by atoms with E-state index >= 15 is 0 Å². The third kappa shape index (κ3) is 3.59. The van der Waals surface area contributed by atoms with Crippen molar-refractivity contribution >= 4 is 22.4 Å². The highest BCUT2D eigenvalue weighted by Crippen LogP contribution is 2.32. The Kier molecular flexibility index (Phi) is 5.77. The molecule has 0 fully saturated rings. The molecule has 0 amide bonds. The molecule has 0 aliphatic heterocycles. The molecule has 1 N–H and O–H groups in total. The first kappa shape index (κ1) is 19.2. The van der Waals surface area contributed by atoms with E-state index in [-0.39, 0.29) is 24.6 Å². The van der Waals surface area contributed by atoms with Crippen LogP contribution in [-0.2, 0) is 6.42 Å². The number of fused-ring (bicyclic) bond motifs is 1. The molecule has 0 aliphatic rings. The second-order valence-corrected chi connectivity index (χ2v) is 5.82. The van der Waals surface area contributed by atoms with Crippen LogP contribution in [0, 0.1) is 10.1 Å². The number of ketones is 1. The van der Waals surface area contributed by atoms with Gasteiger partial charge in [-0.2, -0.15) is 0 Å². The van der Waals surface area contributed by atoms with Gasteiger partial charge in [-0.15, -0.1) is 0 Å². The number of phenolic OH excluding ortho intramolecular Hbond substituents is 1. The summed E-state index contributed by atoms with van der Waals surface area (Å²) in [6, 6.07) is 10.2. The van der Waals surface area contributed by atoms with E-state index in [1.54, 1.807) is 0 Å². The van der Waals surface area contributed by atoms with Crippen molar-refractivity contribution in [3.8, 4) is 5.75 Å². The SMILES string of the molecule is C.CCCCc1oc2ccc([N+](=O)[O-])cc2c1C(=O)c1ccc(O)cc1. The quantitative estimate of drug-likeness (QED) is 0.370. The summed E-state index contributed by atoms with van der Waals surface area (Å²) in [4.78, 5) is 23.6. The van der Waals surface area contributed by atoms with Crippen LogP contribution >= 0.6 is 0 Å². The molecular formula is C20H21NO5. The molecular weight excluding hydrogens is 334 g/mol. The fourth-order valence-corrected chi connectivity index (χ4v) is 2.77. The maximum Gasteiger partial charge on any atom is 0.270 e. The zero-order chi connectivity index (χ0) is 18.0. The summed E-state index contributed by atoms with van der Waals surface area (Å²) in [7, 11) is 0. The molecule has 0 radical (unpaired) electrons. The molecule has 6 heteroatoms. The molecule has 136 valence electrons. The number of hydrogen-bond donors (Lipinski definition) is 1. The average Bonchev–Trinajstić information content (AvgIpc) is 2.97. The molecule has 6 nitrogen and oxygen atoms in total. The Hall–Kier alpha value is -3.15. The van der Waals surface area contributed by atoms with E-state index in [4.69, 9.17) is 4.42 Å². The van der Waals surface area contributed by atoms with Gasteiger partial charge in [0.05, 0.1) is 10.5 Å². The van der Waals surface area contributed by atoms with Gasteiger partial charge in [0.2, 0.25) is 0 Å². The Morgan fingerprint density at radius 3 is 2.50 bits per heavy atom. The first-order valence-electron chi connectivity index (χ1n) is 8.04. The van der Waals surface area contributed by atoms with Gasteiger partial charge in [0, 0.05) is 29.5 Å². The highest BCUT2D eigenvalue weighted by atomic mass is 16.6. The number of aryl methyl sites for hydroxylation is 1. The second-order valence-electron chi connectivity index (χ2n) is 5.82. The topological polar surface area (TPSA) is 93.6 Å². The van der Waals surface area contributed by atoms with Crippen molar-refractivity contribution in [2.75, 3.05) is 0 Å². The van der Waals surface area contributed by atoms with Gasteiger partial charge >= 0.3 is 0 Å². The number of hydrogen-bond acceptors (Lipinski definition) is 5. The van der Waals surface area contributed by atoms with Crippen LogP contribution in [0.4, 0.5) is 5.69 Å². The predicted molar refractivity (Wildman–Crippen MR) is 99.8 cm³/mol. The van der Waals surface area contributed by atoms with Gasteiger partial charge < -0.3 is 9.52 Å². The number of carbonyl (C=O) groups excluding carboxylic acids is 1. The van der Waals surface area contributed by atoms with Gasteiger partial charge in [-0.3, -0.25) is 14.9 Å². The minimum Gasteiger partial charge on any atom is -0.508 e. The van der Waals surface area contributed by atoms with Crippen molar-refractivity contribution in [3.05, 3.63) is 69.5 Å². The van der Waals surface area contributed by atoms with E-state index < -0.39 is 4.92 Å². The molecule has 0 saturated heterocycles. The number of unbranched alkanes of at least 4 members (excludes halogenated alkanes) is 1. The lowest BCUT2D eigenvalue weighted by Gasteiger charge is -2.03. The third-order valence-corrected chi connectivity index (χ3v) is 4.07. The van der Waals surface area contributed by atoms with Crippen molar-refractivity contribution in [1.29, 1.82) is 0 Å². The lowest BCUT2D eigenvalue weighted by atomic mass is 9.98. The van der Waals surface area contributed by atoms with Gasteiger partial charge in [0.25, 0.3) is 5.69 Å². The molecule has 3 aromatic rings. The van der Waals surface area contributed by atoms with Crippen molar-refractivity contribution in [2.24, 2.45) is 0 Å². The minimum absolute atomic E-state index is 0. The molecule has 0 atom stereocenters.